The number of anilines is 1. The van der Waals surface area contributed by atoms with E-state index in [-0.39, 0.29) is 6.04 Å². The van der Waals surface area contributed by atoms with E-state index in [4.69, 9.17) is 4.98 Å². The zero-order chi connectivity index (χ0) is 20.0. The van der Waals surface area contributed by atoms with E-state index in [9.17, 15) is 0 Å². The molecule has 4 heteroatoms. The molecular formula is C25H22BrN3. The van der Waals surface area contributed by atoms with Gasteiger partial charge in [-0.2, -0.15) is 0 Å². The fourth-order valence-electron chi connectivity index (χ4n) is 3.96. The molecule has 144 valence electrons. The second kappa shape index (κ2) is 7.20. The molecule has 1 aliphatic heterocycles. The quantitative estimate of drug-likeness (QED) is 0.370. The zero-order valence-corrected chi connectivity index (χ0v) is 18.0. The molecule has 1 atom stereocenters. The van der Waals surface area contributed by atoms with Crippen LogP contribution in [0.3, 0.4) is 0 Å². The smallest absolute Gasteiger partial charge is 0.209 e. The lowest BCUT2D eigenvalue weighted by Gasteiger charge is -2.27. The maximum atomic E-state index is 4.87. The van der Waals surface area contributed by atoms with E-state index in [1.54, 1.807) is 0 Å². The number of allylic oxidation sites excluding steroid dienone is 1. The van der Waals surface area contributed by atoms with Crippen LogP contribution in [0, 0.1) is 0 Å². The number of aromatic nitrogens is 2. The zero-order valence-electron chi connectivity index (χ0n) is 16.4. The number of hydrogen-bond acceptors (Lipinski definition) is 2. The highest BCUT2D eigenvalue weighted by atomic mass is 79.9. The van der Waals surface area contributed by atoms with E-state index in [0.29, 0.717) is 5.92 Å². The molecule has 0 saturated carbocycles. The van der Waals surface area contributed by atoms with Gasteiger partial charge in [0.05, 0.1) is 17.1 Å². The molecule has 0 saturated heterocycles. The number of imidazole rings is 1. The van der Waals surface area contributed by atoms with Gasteiger partial charge in [0.1, 0.15) is 0 Å². The molecular weight excluding hydrogens is 422 g/mol. The van der Waals surface area contributed by atoms with E-state index >= 15 is 0 Å². The largest absolute Gasteiger partial charge is 0.325 e. The summed E-state index contributed by atoms with van der Waals surface area (Å²) in [6, 6.07) is 25.7. The van der Waals surface area contributed by atoms with Gasteiger partial charge >= 0.3 is 0 Å². The molecule has 0 fully saturated rings. The van der Waals surface area contributed by atoms with Gasteiger partial charge in [0.15, 0.2) is 0 Å². The monoisotopic (exact) mass is 443 g/mol. The van der Waals surface area contributed by atoms with Crippen LogP contribution in [0.1, 0.15) is 42.5 Å². The van der Waals surface area contributed by atoms with Gasteiger partial charge in [0, 0.05) is 10.2 Å². The van der Waals surface area contributed by atoms with Gasteiger partial charge < -0.3 is 5.32 Å². The van der Waals surface area contributed by atoms with Crippen LogP contribution in [0.5, 0.6) is 0 Å². The number of benzene rings is 3. The van der Waals surface area contributed by atoms with Crippen molar-refractivity contribution in [2.75, 3.05) is 5.32 Å². The number of nitrogens with one attached hydrogen (secondary N) is 1. The van der Waals surface area contributed by atoms with Gasteiger partial charge in [-0.15, -0.1) is 0 Å². The van der Waals surface area contributed by atoms with Gasteiger partial charge in [-0.3, -0.25) is 4.57 Å². The molecule has 1 aromatic heterocycles. The van der Waals surface area contributed by atoms with Crippen LogP contribution in [0.25, 0.3) is 16.7 Å². The van der Waals surface area contributed by atoms with Crippen LogP contribution in [0.15, 0.2) is 83.3 Å². The van der Waals surface area contributed by atoms with Crippen molar-refractivity contribution in [3.05, 3.63) is 100 Å². The molecule has 0 unspecified atom stereocenters. The summed E-state index contributed by atoms with van der Waals surface area (Å²) in [6.07, 6.45) is 2.30. The lowest BCUT2D eigenvalue weighted by Crippen LogP contribution is -2.19. The summed E-state index contributed by atoms with van der Waals surface area (Å²) in [6.45, 7) is 4.44. The first-order chi connectivity index (χ1) is 14.1. The Balaban J connectivity index is 1.67. The third-order valence-electron chi connectivity index (χ3n) is 5.52. The summed E-state index contributed by atoms with van der Waals surface area (Å²) in [5.74, 6) is 1.40. The average molecular weight is 444 g/mol. The number of hydrogen-bond donors (Lipinski definition) is 1. The highest BCUT2D eigenvalue weighted by Crippen LogP contribution is 2.37. The maximum absolute atomic E-state index is 4.87. The Morgan fingerprint density at radius 3 is 2.52 bits per heavy atom. The molecule has 0 bridgehead atoms. The van der Waals surface area contributed by atoms with E-state index in [1.807, 2.05) is 6.07 Å². The molecule has 2 heterocycles. The van der Waals surface area contributed by atoms with Crippen LogP contribution in [0.4, 0.5) is 5.95 Å². The minimum Gasteiger partial charge on any atom is -0.325 e. The van der Waals surface area contributed by atoms with Gasteiger partial charge in [-0.05, 0) is 52.9 Å². The molecule has 0 spiro atoms. The Labute approximate surface area is 179 Å². The van der Waals surface area contributed by atoms with E-state index in [2.05, 4.69) is 112 Å². The fourth-order valence-corrected chi connectivity index (χ4v) is 4.38. The number of nitrogens with zero attached hydrogens (tertiary/aromatic N) is 2. The van der Waals surface area contributed by atoms with Crippen molar-refractivity contribution < 1.29 is 0 Å². The van der Waals surface area contributed by atoms with Crippen molar-refractivity contribution in [3.8, 4) is 0 Å². The van der Waals surface area contributed by atoms with Crippen molar-refractivity contribution in [1.82, 2.24) is 9.55 Å². The van der Waals surface area contributed by atoms with Crippen LogP contribution in [0.2, 0.25) is 0 Å². The second-order valence-electron chi connectivity index (χ2n) is 7.78. The van der Waals surface area contributed by atoms with Gasteiger partial charge in [-0.25, -0.2) is 4.98 Å². The van der Waals surface area contributed by atoms with E-state index in [0.717, 1.165) is 27.2 Å². The number of fused-ring (bicyclic) bond motifs is 3. The summed E-state index contributed by atoms with van der Waals surface area (Å²) in [5.41, 5.74) is 6.97. The van der Waals surface area contributed by atoms with Crippen molar-refractivity contribution in [2.24, 2.45) is 0 Å². The van der Waals surface area contributed by atoms with Crippen LogP contribution in [-0.4, -0.2) is 9.55 Å². The molecule has 5 rings (SSSR count). The maximum Gasteiger partial charge on any atom is 0.209 e. The summed E-state index contributed by atoms with van der Waals surface area (Å²) < 4.78 is 3.36. The van der Waals surface area contributed by atoms with Crippen molar-refractivity contribution >= 4 is 38.6 Å². The van der Waals surface area contributed by atoms with Crippen LogP contribution >= 0.6 is 15.9 Å². The third kappa shape index (κ3) is 3.28. The van der Waals surface area contributed by atoms with Crippen molar-refractivity contribution in [1.29, 1.82) is 0 Å². The second-order valence-corrected chi connectivity index (χ2v) is 8.69. The summed E-state index contributed by atoms with van der Waals surface area (Å²) in [5, 5.41) is 3.57. The highest BCUT2D eigenvalue weighted by molar-refractivity contribution is 9.10. The molecule has 29 heavy (non-hydrogen) atoms. The lowest BCUT2D eigenvalue weighted by atomic mass is 9.98. The first kappa shape index (κ1) is 18.2. The summed E-state index contributed by atoms with van der Waals surface area (Å²) in [4.78, 5) is 4.87. The number of rotatable bonds is 3. The van der Waals surface area contributed by atoms with Gasteiger partial charge in [0.25, 0.3) is 0 Å². The Morgan fingerprint density at radius 2 is 1.76 bits per heavy atom. The minimum atomic E-state index is 0.0657. The summed E-state index contributed by atoms with van der Waals surface area (Å²) in [7, 11) is 0. The molecule has 0 radical (unpaired) electrons. The Morgan fingerprint density at radius 1 is 0.966 bits per heavy atom. The van der Waals surface area contributed by atoms with Crippen LogP contribution < -0.4 is 5.32 Å². The van der Waals surface area contributed by atoms with Crippen molar-refractivity contribution in [2.45, 2.75) is 25.8 Å². The summed E-state index contributed by atoms with van der Waals surface area (Å²) >= 11 is 3.63. The number of para-hydroxylation sites is 2. The van der Waals surface area contributed by atoms with E-state index < -0.39 is 0 Å². The first-order valence-corrected chi connectivity index (χ1v) is 10.7. The normalized spacial score (nSPS) is 15.9. The van der Waals surface area contributed by atoms with Crippen LogP contribution in [-0.2, 0) is 0 Å². The molecule has 0 aliphatic carbocycles. The standard InChI is InChI=1S/C25H22BrN3/c1-16(2)17-10-12-18(13-11-17)22-15-24(19-6-5-7-20(26)14-19)29-23-9-4-3-8-21(23)27-25(29)28-22/h3-16,24H,1-2H3,(H,27,28)/t24-/m1/s1. The first-order valence-electron chi connectivity index (χ1n) is 9.92. The molecule has 1 N–H and O–H groups in total. The SMILES string of the molecule is CC(C)c1ccc(C2=C[C@H](c3cccc(Br)c3)n3c(nc4ccccc43)N2)cc1. The predicted octanol–water partition coefficient (Wildman–Crippen LogP) is 6.98. The molecule has 1 aliphatic rings. The third-order valence-corrected chi connectivity index (χ3v) is 6.02. The molecule has 3 nitrogen and oxygen atoms in total. The van der Waals surface area contributed by atoms with Crippen molar-refractivity contribution in [3.63, 3.8) is 0 Å². The molecule has 0 amide bonds. The average Bonchev–Trinajstić information content (AvgIpc) is 3.11. The lowest BCUT2D eigenvalue weighted by molar-refractivity contribution is 0.720. The Kier molecular flexibility index (Phi) is 4.51. The van der Waals surface area contributed by atoms with Gasteiger partial charge in [0.2, 0.25) is 5.95 Å². The van der Waals surface area contributed by atoms with Gasteiger partial charge in [-0.1, -0.05) is 78.3 Å². The Hall–Kier alpha value is -2.85. The topological polar surface area (TPSA) is 29.9 Å². The van der Waals surface area contributed by atoms with E-state index in [1.165, 1.54) is 16.7 Å². The fraction of sp³-hybridized carbons (Fsp3) is 0.160. The minimum absolute atomic E-state index is 0.0657. The molecule has 4 aromatic rings. The Bertz CT molecular complexity index is 1220. The predicted molar refractivity (Wildman–Crippen MR) is 124 cm³/mol. The number of halogens is 1. The molecule has 3 aromatic carbocycles. The highest BCUT2D eigenvalue weighted by Gasteiger charge is 2.25.